The third kappa shape index (κ3) is 3.17. The van der Waals surface area contributed by atoms with E-state index in [2.05, 4.69) is 30.3 Å². The van der Waals surface area contributed by atoms with Gasteiger partial charge in [0.05, 0.1) is 5.69 Å². The standard InChI is InChI=1S/C22H24N2O2/c1-26-15-20(25)24-13-10-17(11-14-24)21-19-7-3-2-5-16(19)8-9-18-6-4-12-23-22(18)21/h2-7,12H,8-11,13-15H2,1H3. The summed E-state index contributed by atoms with van der Waals surface area (Å²) in [4.78, 5) is 18.8. The molecule has 26 heavy (non-hydrogen) atoms. The molecule has 1 aromatic carbocycles. The van der Waals surface area contributed by atoms with Gasteiger partial charge < -0.3 is 9.64 Å². The summed E-state index contributed by atoms with van der Waals surface area (Å²) in [5.74, 6) is 0.0799. The fraction of sp³-hybridized carbons (Fsp3) is 0.364. The van der Waals surface area contributed by atoms with Gasteiger partial charge in [-0.25, -0.2) is 0 Å². The Labute approximate surface area is 154 Å². The summed E-state index contributed by atoms with van der Waals surface area (Å²) in [7, 11) is 1.57. The first-order valence-corrected chi connectivity index (χ1v) is 9.29. The minimum atomic E-state index is 0.0799. The Bertz CT molecular complexity index is 797. The number of likely N-dealkylation sites (tertiary alicyclic amines) is 1. The zero-order valence-corrected chi connectivity index (χ0v) is 15.2. The molecule has 0 bridgehead atoms. The number of hydrogen-bond acceptors (Lipinski definition) is 3. The summed E-state index contributed by atoms with van der Waals surface area (Å²) in [6, 6.07) is 12.9. The second-order valence-electron chi connectivity index (χ2n) is 6.96. The van der Waals surface area contributed by atoms with Crippen molar-refractivity contribution in [3.63, 3.8) is 0 Å². The quantitative estimate of drug-likeness (QED) is 0.837. The van der Waals surface area contributed by atoms with Gasteiger partial charge in [0.1, 0.15) is 6.61 Å². The molecule has 1 aliphatic heterocycles. The topological polar surface area (TPSA) is 42.4 Å². The van der Waals surface area contributed by atoms with Crippen LogP contribution in [0.5, 0.6) is 0 Å². The van der Waals surface area contributed by atoms with Crippen LogP contribution < -0.4 is 0 Å². The molecule has 0 radical (unpaired) electrons. The Balaban J connectivity index is 1.74. The van der Waals surface area contributed by atoms with E-state index in [1.807, 2.05) is 17.2 Å². The van der Waals surface area contributed by atoms with E-state index in [0.717, 1.165) is 44.5 Å². The van der Waals surface area contributed by atoms with Crippen LogP contribution >= 0.6 is 0 Å². The van der Waals surface area contributed by atoms with Crippen molar-refractivity contribution in [1.82, 2.24) is 9.88 Å². The first-order chi connectivity index (χ1) is 12.8. The van der Waals surface area contributed by atoms with E-state index >= 15 is 0 Å². The van der Waals surface area contributed by atoms with Crippen LogP contribution in [-0.4, -0.2) is 42.6 Å². The average molecular weight is 348 g/mol. The number of benzene rings is 1. The van der Waals surface area contributed by atoms with Crippen LogP contribution in [-0.2, 0) is 22.4 Å². The molecule has 134 valence electrons. The monoisotopic (exact) mass is 348 g/mol. The van der Waals surface area contributed by atoms with Crippen LogP contribution in [0.2, 0.25) is 0 Å². The lowest BCUT2D eigenvalue weighted by Gasteiger charge is -2.30. The summed E-state index contributed by atoms with van der Waals surface area (Å²) >= 11 is 0. The number of carbonyl (C=O) groups excluding carboxylic acids is 1. The van der Waals surface area contributed by atoms with Gasteiger partial charge >= 0.3 is 0 Å². The largest absolute Gasteiger partial charge is 0.375 e. The average Bonchev–Trinajstić information content (AvgIpc) is 2.85. The van der Waals surface area contributed by atoms with Crippen molar-refractivity contribution < 1.29 is 9.53 Å². The molecule has 4 nitrogen and oxygen atoms in total. The molecule has 1 amide bonds. The number of piperidine rings is 1. The van der Waals surface area contributed by atoms with Gasteiger partial charge in [0.15, 0.2) is 0 Å². The van der Waals surface area contributed by atoms with Crippen molar-refractivity contribution >= 4 is 11.5 Å². The predicted octanol–water partition coefficient (Wildman–Crippen LogP) is 3.25. The van der Waals surface area contributed by atoms with Gasteiger partial charge in [0.25, 0.3) is 0 Å². The SMILES string of the molecule is COCC(=O)N1CCC(=C2c3ccccc3CCc3cccnc32)CC1. The lowest BCUT2D eigenvalue weighted by molar-refractivity contribution is -0.135. The number of nitrogens with zero attached hydrogens (tertiary/aromatic N) is 2. The van der Waals surface area contributed by atoms with Gasteiger partial charge in [-0.2, -0.15) is 0 Å². The number of aromatic nitrogens is 1. The van der Waals surface area contributed by atoms with Crippen molar-refractivity contribution in [3.8, 4) is 0 Å². The first kappa shape index (κ1) is 17.0. The number of amides is 1. The summed E-state index contributed by atoms with van der Waals surface area (Å²) in [5, 5.41) is 0. The number of pyridine rings is 1. The molecule has 1 fully saturated rings. The molecule has 0 saturated carbocycles. The third-order valence-corrected chi connectivity index (χ3v) is 5.42. The fourth-order valence-corrected chi connectivity index (χ4v) is 4.09. The van der Waals surface area contributed by atoms with Gasteiger partial charge in [-0.05, 0) is 48.4 Å². The molecule has 0 atom stereocenters. The van der Waals surface area contributed by atoms with E-state index in [0.29, 0.717) is 0 Å². The smallest absolute Gasteiger partial charge is 0.248 e. The van der Waals surface area contributed by atoms with E-state index < -0.39 is 0 Å². The third-order valence-electron chi connectivity index (χ3n) is 5.42. The van der Waals surface area contributed by atoms with Crippen molar-refractivity contribution in [2.45, 2.75) is 25.7 Å². The number of fused-ring (bicyclic) bond motifs is 2. The molecule has 2 aromatic rings. The van der Waals surface area contributed by atoms with E-state index in [4.69, 9.17) is 9.72 Å². The number of methoxy groups -OCH3 is 1. The molecule has 4 heteroatoms. The van der Waals surface area contributed by atoms with Gasteiger partial charge in [-0.3, -0.25) is 9.78 Å². The molecule has 0 unspecified atom stereocenters. The molecule has 2 aliphatic rings. The van der Waals surface area contributed by atoms with Crippen LogP contribution in [0.15, 0.2) is 48.2 Å². The Morgan fingerprint density at radius 2 is 1.77 bits per heavy atom. The van der Waals surface area contributed by atoms with Crippen LogP contribution in [0, 0.1) is 0 Å². The van der Waals surface area contributed by atoms with Gasteiger partial charge in [-0.15, -0.1) is 0 Å². The summed E-state index contributed by atoms with van der Waals surface area (Å²) in [5.41, 5.74) is 7.88. The molecule has 4 rings (SSSR count). The summed E-state index contributed by atoms with van der Waals surface area (Å²) < 4.78 is 5.00. The van der Waals surface area contributed by atoms with E-state index in [1.165, 1.54) is 27.8 Å². The molecular formula is C22H24N2O2. The van der Waals surface area contributed by atoms with Crippen molar-refractivity contribution in [3.05, 3.63) is 70.6 Å². The highest BCUT2D eigenvalue weighted by Gasteiger charge is 2.26. The zero-order chi connectivity index (χ0) is 17.9. The maximum absolute atomic E-state index is 12.1. The Hall–Kier alpha value is -2.46. The normalized spacial score (nSPS) is 16.7. The zero-order valence-electron chi connectivity index (χ0n) is 15.2. The van der Waals surface area contributed by atoms with Gasteiger partial charge in [0, 0.05) is 32.0 Å². The minimum absolute atomic E-state index is 0.0799. The minimum Gasteiger partial charge on any atom is -0.375 e. The lowest BCUT2D eigenvalue weighted by Crippen LogP contribution is -2.38. The Morgan fingerprint density at radius 1 is 1.04 bits per heavy atom. The van der Waals surface area contributed by atoms with Crippen LogP contribution in [0.3, 0.4) is 0 Å². The molecule has 1 aromatic heterocycles. The summed E-state index contributed by atoms with van der Waals surface area (Å²) in [6.45, 7) is 1.68. The lowest BCUT2D eigenvalue weighted by atomic mass is 9.88. The maximum atomic E-state index is 12.1. The van der Waals surface area contributed by atoms with Gasteiger partial charge in [-0.1, -0.05) is 35.9 Å². The first-order valence-electron chi connectivity index (χ1n) is 9.29. The van der Waals surface area contributed by atoms with E-state index in [-0.39, 0.29) is 12.5 Å². The van der Waals surface area contributed by atoms with Crippen molar-refractivity contribution in [2.24, 2.45) is 0 Å². The highest BCUT2D eigenvalue weighted by molar-refractivity contribution is 5.85. The highest BCUT2D eigenvalue weighted by Crippen LogP contribution is 2.37. The van der Waals surface area contributed by atoms with Crippen molar-refractivity contribution in [2.75, 3.05) is 26.8 Å². The summed E-state index contributed by atoms with van der Waals surface area (Å²) in [6.07, 6.45) is 5.76. The Kier molecular flexibility index (Phi) is 4.85. The van der Waals surface area contributed by atoms with Crippen molar-refractivity contribution in [1.29, 1.82) is 0 Å². The van der Waals surface area contributed by atoms with E-state index in [9.17, 15) is 4.79 Å². The highest BCUT2D eigenvalue weighted by atomic mass is 16.5. The number of hydrogen-bond donors (Lipinski definition) is 0. The van der Waals surface area contributed by atoms with Gasteiger partial charge in [0.2, 0.25) is 5.91 Å². The van der Waals surface area contributed by atoms with Crippen LogP contribution in [0.25, 0.3) is 5.57 Å². The molecule has 0 spiro atoms. The second-order valence-corrected chi connectivity index (χ2v) is 6.96. The van der Waals surface area contributed by atoms with Crippen LogP contribution in [0.1, 0.15) is 35.2 Å². The maximum Gasteiger partial charge on any atom is 0.248 e. The second kappa shape index (κ2) is 7.42. The predicted molar refractivity (Wildman–Crippen MR) is 102 cm³/mol. The number of ether oxygens (including phenoxy) is 1. The number of carbonyl (C=O) groups is 1. The van der Waals surface area contributed by atoms with Crippen LogP contribution in [0.4, 0.5) is 0 Å². The number of rotatable bonds is 2. The fourth-order valence-electron chi connectivity index (χ4n) is 4.09. The Morgan fingerprint density at radius 3 is 2.58 bits per heavy atom. The molecule has 1 aliphatic carbocycles. The molecular weight excluding hydrogens is 324 g/mol. The molecule has 0 N–H and O–H groups in total. The van der Waals surface area contributed by atoms with E-state index in [1.54, 1.807) is 7.11 Å². The number of aryl methyl sites for hydroxylation is 2. The molecule has 1 saturated heterocycles. The molecule has 2 heterocycles.